The predicted molar refractivity (Wildman–Crippen MR) is 52.5 cm³/mol. The van der Waals surface area contributed by atoms with E-state index < -0.39 is 0 Å². The van der Waals surface area contributed by atoms with Gasteiger partial charge in [-0.2, -0.15) is 11.1 Å². The van der Waals surface area contributed by atoms with Gasteiger partial charge < -0.3 is 0 Å². The van der Waals surface area contributed by atoms with Crippen LogP contribution in [0.1, 0.15) is 40.0 Å². The van der Waals surface area contributed by atoms with E-state index in [9.17, 15) is 0 Å². The second kappa shape index (κ2) is 5.20. The summed E-state index contributed by atoms with van der Waals surface area (Å²) in [6.07, 6.45) is 3.92. The largest absolute Gasteiger partial charge is 0.176 e. The highest BCUT2D eigenvalue weighted by molar-refractivity contribution is 6.93. The summed E-state index contributed by atoms with van der Waals surface area (Å²) in [6, 6.07) is 1.32. The van der Waals surface area contributed by atoms with Gasteiger partial charge in [0.15, 0.2) is 0 Å². The van der Waals surface area contributed by atoms with Gasteiger partial charge in [-0.05, 0) is 11.5 Å². The molecule has 62 valence electrons. The van der Waals surface area contributed by atoms with Gasteiger partial charge in [0.25, 0.3) is 0 Å². The van der Waals surface area contributed by atoms with Gasteiger partial charge in [-0.25, -0.2) is 0 Å². The Balaban J connectivity index is 3.87. The van der Waals surface area contributed by atoms with Crippen LogP contribution in [-0.2, 0) is 0 Å². The molecule has 0 N–H and O–H groups in total. The number of rotatable bonds is 5. The zero-order valence-electron chi connectivity index (χ0n) is 7.41. The molecule has 0 atom stereocenters. The van der Waals surface area contributed by atoms with E-state index in [4.69, 9.17) is 11.1 Å². The first kappa shape index (κ1) is 10.5. The molecule has 0 aliphatic heterocycles. The smallest absolute Gasteiger partial charge is 0.125 e. The maximum atomic E-state index is 5.86. The molecular formula is C8H19ClSi. The first-order chi connectivity index (χ1) is 4.74. The van der Waals surface area contributed by atoms with E-state index in [-0.39, 0.29) is 8.83 Å². The lowest BCUT2D eigenvalue weighted by atomic mass is 9.82. The van der Waals surface area contributed by atoms with E-state index in [0.29, 0.717) is 5.41 Å². The Morgan fingerprint density at radius 1 is 1.10 bits per heavy atom. The maximum Gasteiger partial charge on any atom is 0.125 e. The normalized spacial score (nSPS) is 13.2. The summed E-state index contributed by atoms with van der Waals surface area (Å²) < 4.78 is 0. The first-order valence-corrected chi connectivity index (χ1v) is 7.44. The fraction of sp³-hybridized carbons (Fsp3) is 1.00. The van der Waals surface area contributed by atoms with Gasteiger partial charge in [-0.3, -0.25) is 0 Å². The summed E-state index contributed by atoms with van der Waals surface area (Å²) in [6.45, 7) is 6.86. The molecule has 0 saturated heterocycles. The fourth-order valence-electron chi connectivity index (χ4n) is 1.48. The van der Waals surface area contributed by atoms with E-state index in [0.717, 1.165) is 0 Å². The van der Waals surface area contributed by atoms with Crippen LogP contribution >= 0.6 is 11.1 Å². The number of hydrogen-bond acceptors (Lipinski definition) is 0. The Hall–Kier alpha value is 0.507. The Bertz CT molecular complexity index is 71.1. The van der Waals surface area contributed by atoms with E-state index >= 15 is 0 Å². The summed E-state index contributed by atoms with van der Waals surface area (Å²) in [5.74, 6) is 0. The standard InChI is InChI=1S/C8H19ClSi/c1-4-8(5-2,6-3)7-10-9/h4-7,10H2,1-3H3. The van der Waals surface area contributed by atoms with E-state index in [1.54, 1.807) is 0 Å². The van der Waals surface area contributed by atoms with Crippen molar-refractivity contribution in [1.82, 2.24) is 0 Å². The molecule has 0 unspecified atom stereocenters. The Kier molecular flexibility index (Phi) is 5.46. The lowest BCUT2D eigenvalue weighted by Crippen LogP contribution is -2.17. The second-order valence-electron chi connectivity index (χ2n) is 3.00. The molecule has 0 aromatic carbocycles. The highest BCUT2D eigenvalue weighted by Gasteiger charge is 2.22. The van der Waals surface area contributed by atoms with Crippen molar-refractivity contribution in [1.29, 1.82) is 0 Å². The Morgan fingerprint density at radius 2 is 1.50 bits per heavy atom. The zero-order chi connectivity index (χ0) is 8.04. The minimum Gasteiger partial charge on any atom is -0.176 e. The molecule has 0 aliphatic carbocycles. The highest BCUT2D eigenvalue weighted by Crippen LogP contribution is 2.34. The third-order valence-corrected chi connectivity index (χ3v) is 4.69. The minimum atomic E-state index is -0.251. The average Bonchev–Trinajstić information content (AvgIpc) is 2.01. The molecule has 0 aromatic rings. The van der Waals surface area contributed by atoms with Crippen molar-refractivity contribution in [3.63, 3.8) is 0 Å². The Labute approximate surface area is 71.9 Å². The van der Waals surface area contributed by atoms with Crippen molar-refractivity contribution in [3.05, 3.63) is 0 Å². The lowest BCUT2D eigenvalue weighted by Gasteiger charge is -2.29. The topological polar surface area (TPSA) is 0 Å². The molecule has 0 aromatic heterocycles. The van der Waals surface area contributed by atoms with Crippen LogP contribution in [-0.4, -0.2) is 8.83 Å². The molecule has 0 bridgehead atoms. The minimum absolute atomic E-state index is 0.251. The average molecular weight is 179 g/mol. The van der Waals surface area contributed by atoms with Gasteiger partial charge in [-0.15, -0.1) is 0 Å². The van der Waals surface area contributed by atoms with Crippen LogP contribution in [0.25, 0.3) is 0 Å². The van der Waals surface area contributed by atoms with Crippen molar-refractivity contribution in [2.24, 2.45) is 5.41 Å². The van der Waals surface area contributed by atoms with Crippen molar-refractivity contribution < 1.29 is 0 Å². The van der Waals surface area contributed by atoms with Crippen molar-refractivity contribution in [2.75, 3.05) is 0 Å². The molecule has 2 heteroatoms. The Morgan fingerprint density at radius 3 is 1.60 bits per heavy atom. The van der Waals surface area contributed by atoms with E-state index in [1.165, 1.54) is 25.3 Å². The first-order valence-electron chi connectivity index (χ1n) is 4.30. The van der Waals surface area contributed by atoms with Crippen molar-refractivity contribution in [3.8, 4) is 0 Å². The van der Waals surface area contributed by atoms with Gasteiger partial charge in [0, 0.05) is 0 Å². The number of hydrogen-bond donors (Lipinski definition) is 0. The monoisotopic (exact) mass is 178 g/mol. The molecule has 0 nitrogen and oxygen atoms in total. The molecule has 0 fully saturated rings. The van der Waals surface area contributed by atoms with Crippen LogP contribution in [0.5, 0.6) is 0 Å². The quantitative estimate of drug-likeness (QED) is 0.449. The van der Waals surface area contributed by atoms with Crippen molar-refractivity contribution >= 4 is 19.9 Å². The highest BCUT2D eigenvalue weighted by atomic mass is 35.6. The zero-order valence-corrected chi connectivity index (χ0v) is 9.58. The van der Waals surface area contributed by atoms with Gasteiger partial charge >= 0.3 is 0 Å². The molecular weight excluding hydrogens is 160 g/mol. The second-order valence-corrected chi connectivity index (χ2v) is 5.01. The lowest BCUT2D eigenvalue weighted by molar-refractivity contribution is 0.286. The molecule has 0 radical (unpaired) electrons. The molecule has 0 aliphatic rings. The SMILES string of the molecule is CCC(CC)(CC)C[SiH2]Cl. The summed E-state index contributed by atoms with van der Waals surface area (Å²) in [7, 11) is -0.251. The molecule has 0 spiro atoms. The van der Waals surface area contributed by atoms with Crippen LogP contribution in [0.15, 0.2) is 0 Å². The third kappa shape index (κ3) is 2.63. The maximum absolute atomic E-state index is 5.86. The van der Waals surface area contributed by atoms with Crippen molar-refractivity contribution in [2.45, 2.75) is 46.1 Å². The molecule has 0 heterocycles. The predicted octanol–water partition coefficient (Wildman–Crippen LogP) is 2.94. The summed E-state index contributed by atoms with van der Waals surface area (Å²) >= 11 is 5.86. The van der Waals surface area contributed by atoms with E-state index in [1.807, 2.05) is 0 Å². The summed E-state index contributed by atoms with van der Waals surface area (Å²) in [4.78, 5) is 0. The summed E-state index contributed by atoms with van der Waals surface area (Å²) in [5, 5.41) is 0. The van der Waals surface area contributed by atoms with Crippen LogP contribution < -0.4 is 0 Å². The fourth-order valence-corrected chi connectivity index (χ4v) is 4.15. The van der Waals surface area contributed by atoms with E-state index in [2.05, 4.69) is 20.8 Å². The van der Waals surface area contributed by atoms with Gasteiger partial charge in [0.1, 0.15) is 8.83 Å². The summed E-state index contributed by atoms with van der Waals surface area (Å²) in [5.41, 5.74) is 0.605. The molecule has 0 rings (SSSR count). The van der Waals surface area contributed by atoms with Crippen LogP contribution in [0, 0.1) is 5.41 Å². The van der Waals surface area contributed by atoms with Crippen LogP contribution in [0.3, 0.4) is 0 Å². The third-order valence-electron chi connectivity index (χ3n) is 2.87. The number of halogens is 1. The molecule has 0 saturated carbocycles. The van der Waals surface area contributed by atoms with Gasteiger partial charge in [-0.1, -0.05) is 40.0 Å². The van der Waals surface area contributed by atoms with Gasteiger partial charge in [0.2, 0.25) is 0 Å². The van der Waals surface area contributed by atoms with Crippen LogP contribution in [0.4, 0.5) is 0 Å². The molecule has 10 heavy (non-hydrogen) atoms. The molecule has 0 amide bonds. The van der Waals surface area contributed by atoms with Gasteiger partial charge in [0.05, 0.1) is 0 Å². The van der Waals surface area contributed by atoms with Crippen LogP contribution in [0.2, 0.25) is 6.04 Å².